The zero-order valence-electron chi connectivity index (χ0n) is 25.6. The number of aliphatic carboxylic acids is 1. The topological polar surface area (TPSA) is 206 Å². The van der Waals surface area contributed by atoms with Crippen LogP contribution in [-0.4, -0.2) is 88.5 Å². The maximum Gasteiger partial charge on any atom is 0.326 e. The first-order valence-corrected chi connectivity index (χ1v) is 15.9. The molecule has 0 spiro atoms. The van der Waals surface area contributed by atoms with Crippen molar-refractivity contribution >= 4 is 47.3 Å². The Morgan fingerprint density at radius 2 is 1.55 bits per heavy atom. The van der Waals surface area contributed by atoms with Gasteiger partial charge in [-0.15, -0.1) is 0 Å². The highest BCUT2D eigenvalue weighted by Gasteiger charge is 2.72. The summed E-state index contributed by atoms with van der Waals surface area (Å²) in [5, 5.41) is 20.4. The standard InChI is InChI=1S/C30H43N5O8S/c1-28(2,3)43-23(37)13-20(25(39)33-21(26(40)41)12-18-8-6-5-7-9-18)32-24(38)19(10-11-44-4)34-27(42)29-15-30(16-29,17-29)35-22(36)14-31/h5-9,19-21H,10-17,31H2,1-4H3,(H,32,38)(H,33,39)(H,34,42)(H,35,36)(H,40,41)/t19-,20-,21-,29?,30?/m0/s1. The smallest absolute Gasteiger partial charge is 0.326 e. The van der Waals surface area contributed by atoms with Crippen molar-refractivity contribution in [3.63, 3.8) is 0 Å². The molecule has 0 aromatic heterocycles. The van der Waals surface area contributed by atoms with E-state index >= 15 is 0 Å². The number of carboxylic acid groups (broad SMARTS) is 1. The summed E-state index contributed by atoms with van der Waals surface area (Å²) in [5.41, 5.74) is 4.06. The van der Waals surface area contributed by atoms with Crippen molar-refractivity contribution < 1.29 is 38.6 Å². The molecule has 0 aliphatic heterocycles. The number of ether oxygens (including phenoxy) is 1. The normalized spacial score (nSPS) is 22.1. The van der Waals surface area contributed by atoms with Crippen molar-refractivity contribution in [3.05, 3.63) is 35.9 Å². The molecule has 1 aromatic rings. The van der Waals surface area contributed by atoms with Crippen molar-refractivity contribution in [1.29, 1.82) is 0 Å². The molecule has 4 rings (SSSR count). The Kier molecular flexibility index (Phi) is 11.4. The van der Waals surface area contributed by atoms with Crippen LogP contribution < -0.4 is 27.0 Å². The molecular formula is C30H43N5O8S. The van der Waals surface area contributed by atoms with E-state index in [0.717, 1.165) is 0 Å². The van der Waals surface area contributed by atoms with E-state index in [1.54, 1.807) is 51.1 Å². The van der Waals surface area contributed by atoms with Crippen LogP contribution >= 0.6 is 11.8 Å². The number of esters is 1. The van der Waals surface area contributed by atoms with Crippen LogP contribution in [0.25, 0.3) is 0 Å². The van der Waals surface area contributed by atoms with Gasteiger partial charge in [-0.25, -0.2) is 4.79 Å². The third-order valence-electron chi connectivity index (χ3n) is 7.66. The van der Waals surface area contributed by atoms with Gasteiger partial charge >= 0.3 is 11.9 Å². The molecule has 3 aliphatic carbocycles. The molecule has 3 fully saturated rings. The molecule has 0 radical (unpaired) electrons. The molecule has 3 saturated carbocycles. The number of hydrogen-bond donors (Lipinski definition) is 6. The Labute approximate surface area is 261 Å². The van der Waals surface area contributed by atoms with Crippen LogP contribution in [0.2, 0.25) is 0 Å². The number of nitrogens with one attached hydrogen (secondary N) is 4. The van der Waals surface area contributed by atoms with Gasteiger partial charge in [0, 0.05) is 12.0 Å². The number of nitrogens with two attached hydrogens (primary N) is 1. The molecule has 4 amide bonds. The molecule has 0 heterocycles. The molecule has 0 saturated heterocycles. The van der Waals surface area contributed by atoms with Gasteiger partial charge in [0.2, 0.25) is 23.6 Å². The van der Waals surface area contributed by atoms with E-state index in [2.05, 4.69) is 21.3 Å². The van der Waals surface area contributed by atoms with E-state index < -0.39 is 64.9 Å². The Morgan fingerprint density at radius 3 is 2.09 bits per heavy atom. The molecule has 1 aromatic carbocycles. The lowest BCUT2D eigenvalue weighted by Gasteiger charge is -2.69. The van der Waals surface area contributed by atoms with Crippen LogP contribution in [0.3, 0.4) is 0 Å². The minimum Gasteiger partial charge on any atom is -0.480 e. The van der Waals surface area contributed by atoms with Crippen LogP contribution in [-0.2, 0) is 39.9 Å². The van der Waals surface area contributed by atoms with Crippen LogP contribution in [0.1, 0.15) is 58.4 Å². The maximum absolute atomic E-state index is 13.5. The van der Waals surface area contributed by atoms with Gasteiger partial charge in [0.05, 0.1) is 18.4 Å². The van der Waals surface area contributed by atoms with Crippen molar-refractivity contribution in [2.75, 3.05) is 18.6 Å². The SMILES string of the molecule is CSCC[C@H](NC(=O)C12CC(NC(=O)CN)(C1)C2)C(=O)N[C@@H](CC(=O)OC(C)(C)C)C(=O)N[C@@H](Cc1ccccc1)C(=O)O. The molecule has 14 heteroatoms. The van der Waals surface area contributed by atoms with Gasteiger partial charge in [-0.3, -0.25) is 24.0 Å². The summed E-state index contributed by atoms with van der Waals surface area (Å²) in [7, 11) is 0. The third kappa shape index (κ3) is 9.18. The number of hydrogen-bond acceptors (Lipinski definition) is 9. The molecule has 242 valence electrons. The first-order chi connectivity index (χ1) is 20.6. The number of carboxylic acids is 1. The third-order valence-corrected chi connectivity index (χ3v) is 8.30. The van der Waals surface area contributed by atoms with E-state index in [4.69, 9.17) is 10.5 Å². The van der Waals surface area contributed by atoms with E-state index in [-0.39, 0.29) is 31.2 Å². The summed E-state index contributed by atoms with van der Waals surface area (Å²) in [4.78, 5) is 76.6. The molecule has 0 unspecified atom stereocenters. The summed E-state index contributed by atoms with van der Waals surface area (Å²) < 4.78 is 5.36. The zero-order chi connectivity index (χ0) is 32.7. The predicted molar refractivity (Wildman–Crippen MR) is 163 cm³/mol. The fourth-order valence-electron chi connectivity index (χ4n) is 5.68. The molecule has 44 heavy (non-hydrogen) atoms. The minimum atomic E-state index is -1.46. The monoisotopic (exact) mass is 633 g/mol. The first-order valence-electron chi connectivity index (χ1n) is 14.5. The minimum absolute atomic E-state index is 0.0171. The fraction of sp³-hybridized carbons (Fsp3) is 0.600. The molecule has 3 atom stereocenters. The van der Waals surface area contributed by atoms with Crippen LogP contribution in [0.5, 0.6) is 0 Å². The Bertz CT molecular complexity index is 1230. The van der Waals surface area contributed by atoms with Crippen molar-refractivity contribution in [2.24, 2.45) is 11.1 Å². The fourth-order valence-corrected chi connectivity index (χ4v) is 6.15. The van der Waals surface area contributed by atoms with E-state index in [1.807, 2.05) is 6.26 Å². The second-order valence-electron chi connectivity index (χ2n) is 12.6. The molecule has 2 bridgehead atoms. The number of carbonyl (C=O) groups excluding carboxylic acids is 5. The molecular weight excluding hydrogens is 590 g/mol. The average molecular weight is 634 g/mol. The first kappa shape index (κ1) is 34.8. The van der Waals surface area contributed by atoms with Crippen LogP contribution in [0.4, 0.5) is 0 Å². The lowest BCUT2D eigenvalue weighted by Crippen LogP contribution is -2.79. The highest BCUT2D eigenvalue weighted by molar-refractivity contribution is 7.98. The second-order valence-corrected chi connectivity index (χ2v) is 13.6. The molecule has 7 N–H and O–H groups in total. The van der Waals surface area contributed by atoms with Gasteiger partial charge in [-0.1, -0.05) is 30.3 Å². The second kappa shape index (κ2) is 14.4. The summed E-state index contributed by atoms with van der Waals surface area (Å²) in [6.45, 7) is 4.82. The summed E-state index contributed by atoms with van der Waals surface area (Å²) in [5.74, 6) is -3.72. The van der Waals surface area contributed by atoms with Gasteiger partial charge in [-0.2, -0.15) is 11.8 Å². The lowest BCUT2D eigenvalue weighted by molar-refractivity contribution is -0.184. The lowest BCUT2D eigenvalue weighted by atomic mass is 9.39. The number of rotatable bonds is 16. The number of amides is 4. The van der Waals surface area contributed by atoms with Crippen molar-refractivity contribution in [2.45, 2.75) is 88.6 Å². The summed E-state index contributed by atoms with van der Waals surface area (Å²) >= 11 is 1.47. The summed E-state index contributed by atoms with van der Waals surface area (Å²) in [6, 6.07) is 4.90. The molecule has 3 aliphatic rings. The summed E-state index contributed by atoms with van der Waals surface area (Å²) in [6.07, 6.45) is 2.85. The van der Waals surface area contributed by atoms with Crippen LogP contribution in [0.15, 0.2) is 30.3 Å². The largest absolute Gasteiger partial charge is 0.480 e. The van der Waals surface area contributed by atoms with Gasteiger partial charge in [-0.05, 0) is 64.0 Å². The Balaban J connectivity index is 1.72. The highest BCUT2D eigenvalue weighted by atomic mass is 32.2. The van der Waals surface area contributed by atoms with Crippen LogP contribution in [0, 0.1) is 5.41 Å². The predicted octanol–water partition coefficient (Wildman–Crippen LogP) is 0.251. The zero-order valence-corrected chi connectivity index (χ0v) is 26.4. The van der Waals surface area contributed by atoms with E-state index in [1.165, 1.54) is 11.8 Å². The Morgan fingerprint density at radius 1 is 0.955 bits per heavy atom. The average Bonchev–Trinajstić information content (AvgIpc) is 2.90. The Hall–Kier alpha value is -3.65. The molecule has 13 nitrogen and oxygen atoms in total. The van der Waals surface area contributed by atoms with Gasteiger partial charge < -0.3 is 36.8 Å². The van der Waals surface area contributed by atoms with Crippen molar-refractivity contribution in [3.8, 4) is 0 Å². The maximum atomic E-state index is 13.5. The van der Waals surface area contributed by atoms with Crippen molar-refractivity contribution in [1.82, 2.24) is 21.3 Å². The highest BCUT2D eigenvalue weighted by Crippen LogP contribution is 2.67. The van der Waals surface area contributed by atoms with Gasteiger partial charge in [0.1, 0.15) is 23.7 Å². The van der Waals surface area contributed by atoms with Gasteiger partial charge in [0.15, 0.2) is 0 Å². The number of benzene rings is 1. The van der Waals surface area contributed by atoms with E-state index in [9.17, 15) is 33.9 Å². The quantitative estimate of drug-likeness (QED) is 0.137. The number of carbonyl (C=O) groups is 6. The van der Waals surface area contributed by atoms with Gasteiger partial charge in [0.25, 0.3) is 0 Å². The van der Waals surface area contributed by atoms with E-state index in [0.29, 0.717) is 30.6 Å². The number of thioether (sulfide) groups is 1.